The van der Waals surface area contributed by atoms with Crippen LogP contribution >= 0.6 is 11.6 Å². The summed E-state index contributed by atoms with van der Waals surface area (Å²) in [6.07, 6.45) is 3.02. The number of aliphatic hydroxyl groups is 1. The molecule has 0 aliphatic heterocycles. The summed E-state index contributed by atoms with van der Waals surface area (Å²) < 4.78 is 1.69. The van der Waals surface area contributed by atoms with Gasteiger partial charge >= 0.3 is 0 Å². The number of hydrogen-bond acceptors (Lipinski definition) is 5. The van der Waals surface area contributed by atoms with Gasteiger partial charge in [0.2, 0.25) is 5.95 Å². The number of unbranched alkanes of at least 4 members (excludes halogenated alkanes) is 2. The van der Waals surface area contributed by atoms with Crippen LogP contribution in [0.5, 0.6) is 0 Å². The Labute approximate surface area is 162 Å². The Morgan fingerprint density at radius 2 is 1.96 bits per heavy atom. The topological polar surface area (TPSA) is 80.0 Å². The van der Waals surface area contributed by atoms with Gasteiger partial charge in [-0.3, -0.25) is 9.36 Å². The second-order valence-electron chi connectivity index (χ2n) is 6.29. The molecule has 0 aliphatic rings. The van der Waals surface area contributed by atoms with E-state index in [9.17, 15) is 4.79 Å². The number of hydrogen-bond donors (Lipinski definition) is 2. The number of aromatic nitrogens is 3. The zero-order valence-electron chi connectivity index (χ0n) is 15.3. The number of nitrogens with one attached hydrogen (secondary N) is 1. The van der Waals surface area contributed by atoms with Gasteiger partial charge < -0.3 is 10.4 Å². The Morgan fingerprint density at radius 1 is 1.15 bits per heavy atom. The van der Waals surface area contributed by atoms with Crippen molar-refractivity contribution >= 4 is 28.6 Å². The molecule has 6 nitrogen and oxygen atoms in total. The number of benzene rings is 1. The molecule has 3 rings (SSSR count). The van der Waals surface area contributed by atoms with E-state index in [-0.39, 0.29) is 12.2 Å². The number of anilines is 1. The summed E-state index contributed by atoms with van der Waals surface area (Å²) in [7, 11) is 0. The lowest BCUT2D eigenvalue weighted by atomic mass is 10.1. The van der Waals surface area contributed by atoms with Crippen LogP contribution in [-0.2, 0) is 6.54 Å². The molecular formula is C20H23ClN4O2. The third-order valence-electron chi connectivity index (χ3n) is 4.35. The molecule has 0 atom stereocenters. The smallest absolute Gasteiger partial charge is 0.252 e. The number of nitrogens with zero attached hydrogens (tertiary/aromatic N) is 3. The van der Waals surface area contributed by atoms with E-state index in [4.69, 9.17) is 16.7 Å². The minimum Gasteiger partial charge on any atom is -0.395 e. The van der Waals surface area contributed by atoms with Crippen molar-refractivity contribution in [1.82, 2.24) is 14.5 Å². The normalized spacial score (nSPS) is 11.1. The second kappa shape index (κ2) is 8.97. The van der Waals surface area contributed by atoms with Gasteiger partial charge in [-0.25, -0.2) is 4.98 Å². The van der Waals surface area contributed by atoms with Crippen LogP contribution in [0.25, 0.3) is 22.3 Å². The molecule has 27 heavy (non-hydrogen) atoms. The Morgan fingerprint density at radius 3 is 2.70 bits per heavy atom. The number of aliphatic hydroxyl groups excluding tert-OH is 1. The lowest BCUT2D eigenvalue weighted by molar-refractivity contribution is 0.311. The highest BCUT2D eigenvalue weighted by Crippen LogP contribution is 2.31. The Bertz CT molecular complexity index is 987. The third kappa shape index (κ3) is 4.28. The highest BCUT2D eigenvalue weighted by atomic mass is 35.5. The number of aryl methyl sites for hydroxylation is 1. The highest BCUT2D eigenvalue weighted by molar-refractivity contribution is 6.33. The monoisotopic (exact) mass is 386 g/mol. The molecule has 1 aromatic carbocycles. The zero-order chi connectivity index (χ0) is 19.2. The van der Waals surface area contributed by atoms with E-state index < -0.39 is 0 Å². The molecule has 2 N–H and O–H groups in total. The Kier molecular flexibility index (Phi) is 6.42. The summed E-state index contributed by atoms with van der Waals surface area (Å²) in [5, 5.41) is 13.5. The molecule has 0 unspecified atom stereocenters. The van der Waals surface area contributed by atoms with Crippen molar-refractivity contribution in [2.24, 2.45) is 0 Å². The van der Waals surface area contributed by atoms with Gasteiger partial charge in [0, 0.05) is 35.1 Å². The van der Waals surface area contributed by atoms with Crippen molar-refractivity contribution in [2.75, 3.05) is 18.5 Å². The van der Waals surface area contributed by atoms with Crippen molar-refractivity contribution in [2.45, 2.75) is 32.7 Å². The van der Waals surface area contributed by atoms with Crippen LogP contribution in [0, 0.1) is 0 Å². The van der Waals surface area contributed by atoms with Gasteiger partial charge in [0.1, 0.15) is 5.65 Å². The highest BCUT2D eigenvalue weighted by Gasteiger charge is 2.15. The lowest BCUT2D eigenvalue weighted by Gasteiger charge is -2.14. The van der Waals surface area contributed by atoms with Crippen molar-refractivity contribution in [1.29, 1.82) is 0 Å². The van der Waals surface area contributed by atoms with E-state index in [0.717, 1.165) is 30.2 Å². The van der Waals surface area contributed by atoms with Gasteiger partial charge in [-0.15, -0.1) is 0 Å². The summed E-state index contributed by atoms with van der Waals surface area (Å²) in [5.74, 6) is 0.362. The molecule has 0 radical (unpaired) electrons. The van der Waals surface area contributed by atoms with E-state index in [1.54, 1.807) is 16.7 Å². The number of halogens is 1. The Balaban J connectivity index is 2.23. The molecule has 2 aromatic heterocycles. The zero-order valence-corrected chi connectivity index (χ0v) is 16.0. The van der Waals surface area contributed by atoms with Gasteiger partial charge in [-0.05, 0) is 18.6 Å². The first-order valence-electron chi connectivity index (χ1n) is 9.17. The quantitative estimate of drug-likeness (QED) is 0.577. The summed E-state index contributed by atoms with van der Waals surface area (Å²) in [6.45, 7) is 3.00. The molecule has 3 aromatic rings. The Hall–Kier alpha value is -2.44. The van der Waals surface area contributed by atoms with E-state index in [2.05, 4.69) is 22.2 Å². The van der Waals surface area contributed by atoms with Crippen LogP contribution in [0.1, 0.15) is 26.2 Å². The molecule has 0 aliphatic carbocycles. The summed E-state index contributed by atoms with van der Waals surface area (Å²) in [4.78, 5) is 21.6. The molecule has 2 heterocycles. The predicted octanol–water partition coefficient (Wildman–Crippen LogP) is 3.71. The first kappa shape index (κ1) is 19.3. The van der Waals surface area contributed by atoms with Crippen molar-refractivity contribution in [3.8, 4) is 11.3 Å². The minimum atomic E-state index is -0.0875. The maximum Gasteiger partial charge on any atom is 0.252 e. The second-order valence-corrected chi connectivity index (χ2v) is 6.70. The molecule has 0 saturated carbocycles. The summed E-state index contributed by atoms with van der Waals surface area (Å²) >= 11 is 6.40. The minimum absolute atomic E-state index is 0.0408. The van der Waals surface area contributed by atoms with Gasteiger partial charge in [0.15, 0.2) is 0 Å². The van der Waals surface area contributed by atoms with Gasteiger partial charge in [0.05, 0.1) is 12.3 Å². The summed E-state index contributed by atoms with van der Waals surface area (Å²) in [6, 6.07) is 10.8. The van der Waals surface area contributed by atoms with Crippen LogP contribution in [0.2, 0.25) is 5.02 Å². The van der Waals surface area contributed by atoms with Crippen LogP contribution in [0.15, 0.2) is 41.2 Å². The molecule has 142 valence electrons. The van der Waals surface area contributed by atoms with Crippen LogP contribution < -0.4 is 10.9 Å². The molecule has 0 bridgehead atoms. The standard InChI is InChI=1S/C20H23ClN4O2/c1-2-3-6-12-25-17(27)10-9-15-18(14-7-4-5-8-16(14)21)23-20(22-11-13-26)24-19(15)25/h4-5,7-10,26H,2-3,6,11-13H2,1H3,(H,22,23,24). The van der Waals surface area contributed by atoms with Gasteiger partial charge in [-0.2, -0.15) is 4.98 Å². The molecule has 7 heteroatoms. The SMILES string of the molecule is CCCCCn1c(=O)ccc2c(-c3ccccc3Cl)nc(NCCO)nc21. The van der Waals surface area contributed by atoms with E-state index in [0.29, 0.717) is 35.4 Å². The largest absolute Gasteiger partial charge is 0.395 e. The number of rotatable bonds is 8. The molecule has 0 fully saturated rings. The van der Waals surface area contributed by atoms with Crippen LogP contribution in [-0.4, -0.2) is 32.8 Å². The maximum atomic E-state index is 12.5. The van der Waals surface area contributed by atoms with Crippen molar-refractivity contribution in [3.63, 3.8) is 0 Å². The fraction of sp³-hybridized carbons (Fsp3) is 0.350. The van der Waals surface area contributed by atoms with Gasteiger partial charge in [0.25, 0.3) is 5.56 Å². The van der Waals surface area contributed by atoms with E-state index in [1.807, 2.05) is 24.3 Å². The fourth-order valence-electron chi connectivity index (χ4n) is 3.01. The number of fused-ring (bicyclic) bond motifs is 1. The fourth-order valence-corrected chi connectivity index (χ4v) is 3.23. The third-order valence-corrected chi connectivity index (χ3v) is 4.68. The first-order valence-corrected chi connectivity index (χ1v) is 9.54. The van der Waals surface area contributed by atoms with E-state index >= 15 is 0 Å². The van der Waals surface area contributed by atoms with Gasteiger partial charge in [-0.1, -0.05) is 49.6 Å². The van der Waals surface area contributed by atoms with Crippen molar-refractivity contribution < 1.29 is 5.11 Å². The summed E-state index contributed by atoms with van der Waals surface area (Å²) in [5.41, 5.74) is 1.92. The maximum absolute atomic E-state index is 12.5. The average Bonchev–Trinajstić information content (AvgIpc) is 2.68. The molecule has 0 spiro atoms. The van der Waals surface area contributed by atoms with E-state index in [1.165, 1.54) is 0 Å². The predicted molar refractivity (Wildman–Crippen MR) is 109 cm³/mol. The molecule has 0 saturated heterocycles. The first-order chi connectivity index (χ1) is 13.2. The average molecular weight is 387 g/mol. The molecule has 0 amide bonds. The van der Waals surface area contributed by atoms with Crippen molar-refractivity contribution in [3.05, 3.63) is 51.8 Å². The number of pyridine rings is 1. The van der Waals surface area contributed by atoms with Crippen LogP contribution in [0.4, 0.5) is 5.95 Å². The molecular weight excluding hydrogens is 364 g/mol. The van der Waals surface area contributed by atoms with Crippen LogP contribution in [0.3, 0.4) is 0 Å². The lowest BCUT2D eigenvalue weighted by Crippen LogP contribution is -2.21.